The quantitative estimate of drug-likeness (QED) is 0.281. The fourth-order valence-corrected chi connectivity index (χ4v) is 3.63. The van der Waals surface area contributed by atoms with Crippen molar-refractivity contribution < 1.29 is 33.3 Å². The minimum atomic E-state index is -2.65. The highest BCUT2D eigenvalue weighted by atomic mass is 31.1. The summed E-state index contributed by atoms with van der Waals surface area (Å²) in [6.07, 6.45) is 1.51. The Morgan fingerprint density at radius 2 is 2.06 bits per heavy atom. The van der Waals surface area contributed by atoms with Crippen molar-refractivity contribution in [3.63, 3.8) is 0 Å². The van der Waals surface area contributed by atoms with Gasteiger partial charge in [-0.2, -0.15) is 0 Å². The normalized spacial score (nSPS) is 14.2. The van der Waals surface area contributed by atoms with E-state index in [1.54, 1.807) is 17.8 Å². The molecular weight excluding hydrogens is 443 g/mol. The number of imidazole rings is 1. The third-order valence-corrected chi connectivity index (χ3v) is 5.53. The van der Waals surface area contributed by atoms with E-state index in [9.17, 15) is 14.2 Å². The number of carbonyl (C=O) groups is 2. The number of nitrogens with two attached hydrogens (primary N) is 1. The second-order valence-corrected chi connectivity index (χ2v) is 8.39. The number of carbonyl (C=O) groups excluding carboxylic acids is 1. The number of esters is 1. The molecular formula is C18H28N6O7P+. The molecule has 0 saturated heterocycles. The number of ether oxygens (including phenoxy) is 2. The van der Waals surface area contributed by atoms with Crippen LogP contribution in [0.4, 0.5) is 5.82 Å². The van der Waals surface area contributed by atoms with Crippen LogP contribution in [-0.4, -0.2) is 67.5 Å². The Morgan fingerprint density at radius 1 is 1.34 bits per heavy atom. The van der Waals surface area contributed by atoms with Crippen LogP contribution in [-0.2, 0) is 34.7 Å². The van der Waals surface area contributed by atoms with Gasteiger partial charge in [-0.15, -0.1) is 4.52 Å². The van der Waals surface area contributed by atoms with Crippen molar-refractivity contribution >= 4 is 37.1 Å². The molecule has 2 aromatic heterocycles. The zero-order valence-corrected chi connectivity index (χ0v) is 19.2. The van der Waals surface area contributed by atoms with Gasteiger partial charge in [0.05, 0.1) is 32.2 Å². The van der Waals surface area contributed by atoms with Crippen LogP contribution in [0.25, 0.3) is 11.2 Å². The summed E-state index contributed by atoms with van der Waals surface area (Å²) in [5, 5.41) is 11.5. The van der Waals surface area contributed by atoms with E-state index in [4.69, 9.17) is 24.8 Å². The molecule has 0 radical (unpaired) electrons. The number of hydrogen-bond acceptors (Lipinski definition) is 10. The average molecular weight is 471 g/mol. The van der Waals surface area contributed by atoms with Gasteiger partial charge in [-0.05, 0) is 32.3 Å². The maximum Gasteiger partial charge on any atom is 0.614 e. The first-order valence-electron chi connectivity index (χ1n) is 9.90. The number of nitrogen functional groups attached to an aromatic ring is 1. The second-order valence-electron chi connectivity index (χ2n) is 7.44. The van der Waals surface area contributed by atoms with Gasteiger partial charge in [0.1, 0.15) is 11.8 Å². The molecule has 2 heterocycles. The molecule has 0 aliphatic heterocycles. The predicted molar refractivity (Wildman–Crippen MR) is 114 cm³/mol. The van der Waals surface area contributed by atoms with Gasteiger partial charge < -0.3 is 24.9 Å². The number of fused-ring (bicyclic) bond motifs is 1. The Kier molecular flexibility index (Phi) is 8.96. The van der Waals surface area contributed by atoms with Crippen molar-refractivity contribution in [2.45, 2.75) is 58.4 Å². The SMILES string of the molecule is CCOC(=O)[C@H](CCO[C@H](C)Cn1cnc2c(N)ncnc21)O[P+](=O)NC(C)(C)C(=O)O. The lowest BCUT2D eigenvalue weighted by Crippen LogP contribution is -2.43. The van der Waals surface area contributed by atoms with Crippen LogP contribution in [0.15, 0.2) is 12.7 Å². The molecule has 0 fully saturated rings. The molecule has 1 unspecified atom stereocenters. The molecule has 2 rings (SSSR count). The van der Waals surface area contributed by atoms with Crippen LogP contribution in [0.2, 0.25) is 0 Å². The van der Waals surface area contributed by atoms with E-state index in [1.165, 1.54) is 20.2 Å². The molecule has 0 bridgehead atoms. The highest BCUT2D eigenvalue weighted by molar-refractivity contribution is 7.36. The van der Waals surface area contributed by atoms with E-state index >= 15 is 0 Å². The van der Waals surface area contributed by atoms with Gasteiger partial charge in [0.25, 0.3) is 0 Å². The summed E-state index contributed by atoms with van der Waals surface area (Å²) in [5.41, 5.74) is 5.35. The molecule has 0 aliphatic carbocycles. The first-order chi connectivity index (χ1) is 15.0. The predicted octanol–water partition coefficient (Wildman–Crippen LogP) is 1.26. The molecule has 32 heavy (non-hydrogen) atoms. The summed E-state index contributed by atoms with van der Waals surface area (Å²) in [6.45, 7) is 6.74. The average Bonchev–Trinajstić information content (AvgIpc) is 3.11. The van der Waals surface area contributed by atoms with Gasteiger partial charge in [0, 0.05) is 6.42 Å². The Hall–Kier alpha value is -2.73. The number of carboxylic acids is 1. The number of hydrogen-bond donors (Lipinski definition) is 3. The fraction of sp³-hybridized carbons (Fsp3) is 0.611. The van der Waals surface area contributed by atoms with Gasteiger partial charge in [0.2, 0.25) is 6.10 Å². The summed E-state index contributed by atoms with van der Waals surface area (Å²) in [6, 6.07) is 0. The number of nitrogens with one attached hydrogen (secondary N) is 1. The van der Waals surface area contributed by atoms with Crippen LogP contribution in [0.1, 0.15) is 34.1 Å². The third kappa shape index (κ3) is 6.89. The lowest BCUT2D eigenvalue weighted by molar-refractivity contribution is -0.152. The van der Waals surface area contributed by atoms with Crippen LogP contribution in [0.5, 0.6) is 0 Å². The van der Waals surface area contributed by atoms with Crippen molar-refractivity contribution in [1.29, 1.82) is 0 Å². The highest BCUT2D eigenvalue weighted by Gasteiger charge is 2.40. The Labute approximate surface area is 185 Å². The first-order valence-corrected chi connectivity index (χ1v) is 11.1. The summed E-state index contributed by atoms with van der Waals surface area (Å²) in [5.74, 6) is -1.64. The molecule has 3 atom stereocenters. The van der Waals surface area contributed by atoms with Gasteiger partial charge in [0.15, 0.2) is 17.0 Å². The maximum absolute atomic E-state index is 12.2. The number of anilines is 1. The van der Waals surface area contributed by atoms with Gasteiger partial charge in [-0.3, -0.25) is 4.79 Å². The summed E-state index contributed by atoms with van der Waals surface area (Å²) in [4.78, 5) is 35.6. The number of nitrogens with zero attached hydrogens (tertiary/aromatic N) is 4. The fourth-order valence-electron chi connectivity index (χ4n) is 2.61. The number of aliphatic carboxylic acids is 1. The monoisotopic (exact) mass is 471 g/mol. The van der Waals surface area contributed by atoms with Crippen LogP contribution in [0.3, 0.4) is 0 Å². The minimum Gasteiger partial charge on any atom is -0.480 e. The van der Waals surface area contributed by atoms with E-state index < -0.39 is 31.8 Å². The Bertz CT molecular complexity index is 966. The Morgan fingerprint density at radius 3 is 2.72 bits per heavy atom. The van der Waals surface area contributed by atoms with E-state index in [0.717, 1.165) is 0 Å². The molecule has 176 valence electrons. The molecule has 0 saturated carbocycles. The molecule has 13 nitrogen and oxygen atoms in total. The first kappa shape index (κ1) is 25.5. The maximum atomic E-state index is 12.2. The second kappa shape index (κ2) is 11.2. The van der Waals surface area contributed by atoms with Crippen LogP contribution >= 0.6 is 8.18 Å². The summed E-state index contributed by atoms with van der Waals surface area (Å²) in [7, 11) is -2.65. The molecule has 14 heteroatoms. The van der Waals surface area contributed by atoms with Gasteiger partial charge in [-0.1, -0.05) is 5.09 Å². The molecule has 4 N–H and O–H groups in total. The van der Waals surface area contributed by atoms with Crippen molar-refractivity contribution in [1.82, 2.24) is 24.6 Å². The topological polar surface area (TPSA) is 181 Å². The van der Waals surface area contributed by atoms with Crippen molar-refractivity contribution in [2.24, 2.45) is 0 Å². The zero-order chi connectivity index (χ0) is 23.9. The molecule has 0 aliphatic rings. The van der Waals surface area contributed by atoms with Crippen LogP contribution < -0.4 is 10.8 Å². The smallest absolute Gasteiger partial charge is 0.480 e. The highest BCUT2D eigenvalue weighted by Crippen LogP contribution is 2.26. The van der Waals surface area contributed by atoms with E-state index in [1.807, 2.05) is 6.92 Å². The van der Waals surface area contributed by atoms with E-state index in [0.29, 0.717) is 17.7 Å². The molecule has 0 spiro atoms. The summed E-state index contributed by atoms with van der Waals surface area (Å²) >= 11 is 0. The Balaban J connectivity index is 1.92. The van der Waals surface area contributed by atoms with Crippen LogP contribution in [0, 0.1) is 0 Å². The molecule has 0 amide bonds. The number of carboxylic acid groups (broad SMARTS) is 1. The van der Waals surface area contributed by atoms with E-state index in [2.05, 4.69) is 20.0 Å². The van der Waals surface area contributed by atoms with Crippen molar-refractivity contribution in [3.05, 3.63) is 12.7 Å². The van der Waals surface area contributed by atoms with Gasteiger partial charge >= 0.3 is 20.1 Å². The standard InChI is InChI=1S/C18H27N6O7P/c1-5-29-16(25)12(31-32(28)23-18(3,4)17(26)27)6-7-30-11(2)8-24-10-22-13-14(19)20-9-21-15(13)24/h9-12H,5-8H2,1-4H3,(H3-,19,20,21,23,26,27,28)/p+1/t11-,12+/m1/s1. The minimum absolute atomic E-state index is 0.0548. The largest absolute Gasteiger partial charge is 0.614 e. The molecule has 2 aromatic rings. The van der Waals surface area contributed by atoms with Crippen molar-refractivity contribution in [3.8, 4) is 0 Å². The lowest BCUT2D eigenvalue weighted by atomic mass is 10.1. The van der Waals surface area contributed by atoms with Gasteiger partial charge in [-0.25, -0.2) is 19.7 Å². The third-order valence-electron chi connectivity index (χ3n) is 4.34. The number of rotatable bonds is 13. The van der Waals surface area contributed by atoms with Crippen molar-refractivity contribution in [2.75, 3.05) is 18.9 Å². The molecule has 0 aromatic carbocycles. The van der Waals surface area contributed by atoms with E-state index in [-0.39, 0.29) is 31.6 Å². The summed E-state index contributed by atoms with van der Waals surface area (Å²) < 4.78 is 29.9. The zero-order valence-electron chi connectivity index (χ0n) is 18.3. The lowest BCUT2D eigenvalue weighted by Gasteiger charge is -2.16. The number of aromatic nitrogens is 4.